The monoisotopic (exact) mass is 521 g/mol. The van der Waals surface area contributed by atoms with Crippen molar-refractivity contribution in [1.29, 1.82) is 0 Å². The first kappa shape index (κ1) is 30.6. The van der Waals surface area contributed by atoms with Crippen LogP contribution in [0.3, 0.4) is 0 Å². The normalized spacial score (nSPS) is 12.9. The molecule has 0 aliphatic heterocycles. The molecule has 0 saturated carbocycles. The number of rotatable bonds is 10. The molecule has 0 aromatic heterocycles. The fourth-order valence-corrected chi connectivity index (χ4v) is 4.36. The zero-order valence-electron chi connectivity index (χ0n) is 24.1. The summed E-state index contributed by atoms with van der Waals surface area (Å²) in [5, 5.41) is 5.77. The summed E-state index contributed by atoms with van der Waals surface area (Å²) in [5.41, 5.74) is 3.50. The second-order valence-electron chi connectivity index (χ2n) is 11.2. The molecule has 2 aromatic carbocycles. The minimum atomic E-state index is -0.950. The van der Waals surface area contributed by atoms with Gasteiger partial charge in [0, 0.05) is 12.2 Å². The lowest BCUT2D eigenvalue weighted by molar-refractivity contribution is -0.140. The first-order valence-electron chi connectivity index (χ1n) is 13.1. The lowest BCUT2D eigenvalue weighted by Crippen LogP contribution is -2.52. The van der Waals surface area contributed by atoms with Gasteiger partial charge in [-0.05, 0) is 71.1 Å². The van der Waals surface area contributed by atoms with E-state index in [1.165, 1.54) is 4.90 Å². The van der Waals surface area contributed by atoms with E-state index in [-0.39, 0.29) is 24.3 Å². The van der Waals surface area contributed by atoms with E-state index in [1.807, 2.05) is 77.1 Å². The number of carbonyl (C=O) groups is 3. The summed E-state index contributed by atoms with van der Waals surface area (Å²) in [6.45, 7) is 19.0. The third kappa shape index (κ3) is 9.05. The van der Waals surface area contributed by atoms with Crippen molar-refractivity contribution in [2.75, 3.05) is 11.9 Å². The van der Waals surface area contributed by atoms with E-state index in [0.29, 0.717) is 17.7 Å². The van der Waals surface area contributed by atoms with E-state index < -0.39 is 23.8 Å². The SMILES string of the molecule is C=CCN(C(=O)C(CC(C)C)NC(=O)OC(C)(C)C)C(C(=O)Nc1ccccc1C)c1cc(C)cc(C)c1. The molecule has 0 saturated heterocycles. The average molecular weight is 522 g/mol. The Morgan fingerprint density at radius 1 is 1.03 bits per heavy atom. The first-order chi connectivity index (χ1) is 17.7. The molecule has 3 amide bonds. The maximum atomic E-state index is 14.1. The molecule has 0 spiro atoms. The summed E-state index contributed by atoms with van der Waals surface area (Å²) in [7, 11) is 0. The highest BCUT2D eigenvalue weighted by Gasteiger charge is 2.36. The Kier molecular flexibility index (Phi) is 10.7. The van der Waals surface area contributed by atoms with Gasteiger partial charge in [0.25, 0.3) is 5.91 Å². The van der Waals surface area contributed by atoms with Gasteiger partial charge in [0.05, 0.1) is 0 Å². The molecule has 2 unspecified atom stereocenters. The molecule has 7 nitrogen and oxygen atoms in total. The minimum absolute atomic E-state index is 0.102. The van der Waals surface area contributed by atoms with Crippen molar-refractivity contribution in [3.63, 3.8) is 0 Å². The van der Waals surface area contributed by atoms with Gasteiger partial charge in [0.15, 0.2) is 0 Å². The number of nitrogens with zero attached hydrogens (tertiary/aromatic N) is 1. The smallest absolute Gasteiger partial charge is 0.408 e. The number of carbonyl (C=O) groups excluding carboxylic acids is 3. The number of anilines is 1. The predicted octanol–water partition coefficient (Wildman–Crippen LogP) is 6.25. The van der Waals surface area contributed by atoms with E-state index >= 15 is 0 Å². The molecular weight excluding hydrogens is 478 g/mol. The van der Waals surface area contributed by atoms with Crippen LogP contribution in [0.1, 0.15) is 69.3 Å². The van der Waals surface area contributed by atoms with Crippen LogP contribution >= 0.6 is 0 Å². The van der Waals surface area contributed by atoms with Crippen LogP contribution in [0.5, 0.6) is 0 Å². The third-order valence-corrected chi connectivity index (χ3v) is 5.83. The van der Waals surface area contributed by atoms with E-state index in [1.54, 1.807) is 26.8 Å². The van der Waals surface area contributed by atoms with Gasteiger partial charge in [-0.3, -0.25) is 9.59 Å². The highest BCUT2D eigenvalue weighted by molar-refractivity contribution is 5.99. The largest absolute Gasteiger partial charge is 0.444 e. The summed E-state index contributed by atoms with van der Waals surface area (Å²) < 4.78 is 5.44. The van der Waals surface area contributed by atoms with Crippen molar-refractivity contribution in [2.24, 2.45) is 5.92 Å². The van der Waals surface area contributed by atoms with Crippen LogP contribution in [-0.2, 0) is 14.3 Å². The van der Waals surface area contributed by atoms with Gasteiger partial charge < -0.3 is 20.3 Å². The molecule has 7 heteroatoms. The number of nitrogens with one attached hydrogen (secondary N) is 2. The highest BCUT2D eigenvalue weighted by Crippen LogP contribution is 2.28. The second kappa shape index (κ2) is 13.3. The third-order valence-electron chi connectivity index (χ3n) is 5.83. The Morgan fingerprint density at radius 2 is 1.63 bits per heavy atom. The molecule has 0 radical (unpaired) electrons. The molecule has 0 aliphatic carbocycles. The fourth-order valence-electron chi connectivity index (χ4n) is 4.36. The molecule has 0 heterocycles. The Hall–Kier alpha value is -3.61. The molecule has 0 bridgehead atoms. The van der Waals surface area contributed by atoms with Crippen LogP contribution in [0.25, 0.3) is 0 Å². The number of benzene rings is 2. The Labute approximate surface area is 227 Å². The molecule has 2 aromatic rings. The van der Waals surface area contributed by atoms with E-state index in [0.717, 1.165) is 16.7 Å². The van der Waals surface area contributed by atoms with Crippen molar-refractivity contribution in [2.45, 2.75) is 79.5 Å². The summed E-state index contributed by atoms with van der Waals surface area (Å²) in [5.74, 6) is -0.626. The zero-order valence-corrected chi connectivity index (χ0v) is 24.1. The Bertz CT molecular complexity index is 1130. The maximum Gasteiger partial charge on any atom is 0.408 e. The molecular formula is C31H43N3O4. The lowest BCUT2D eigenvalue weighted by atomic mass is 9.96. The first-order valence-corrected chi connectivity index (χ1v) is 13.1. The zero-order chi connectivity index (χ0) is 28.6. The summed E-state index contributed by atoms with van der Waals surface area (Å²) >= 11 is 0. The maximum absolute atomic E-state index is 14.1. The predicted molar refractivity (Wildman–Crippen MR) is 153 cm³/mol. The Balaban J connectivity index is 2.56. The molecule has 38 heavy (non-hydrogen) atoms. The highest BCUT2D eigenvalue weighted by atomic mass is 16.6. The van der Waals surface area contributed by atoms with Crippen LogP contribution in [0.4, 0.5) is 10.5 Å². The van der Waals surface area contributed by atoms with Crippen LogP contribution in [0.2, 0.25) is 0 Å². The lowest BCUT2D eigenvalue weighted by Gasteiger charge is -2.34. The average Bonchev–Trinajstić information content (AvgIpc) is 2.77. The van der Waals surface area contributed by atoms with Crippen molar-refractivity contribution in [3.8, 4) is 0 Å². The summed E-state index contributed by atoms with van der Waals surface area (Å²) in [6, 6.07) is 11.5. The van der Waals surface area contributed by atoms with Crippen LogP contribution in [0, 0.1) is 26.7 Å². The van der Waals surface area contributed by atoms with Crippen molar-refractivity contribution in [1.82, 2.24) is 10.2 Å². The number of hydrogen-bond donors (Lipinski definition) is 2. The van der Waals surface area contributed by atoms with E-state index in [2.05, 4.69) is 17.2 Å². The molecule has 0 fully saturated rings. The number of hydrogen-bond acceptors (Lipinski definition) is 4. The number of amides is 3. The van der Waals surface area contributed by atoms with Crippen molar-refractivity contribution < 1.29 is 19.1 Å². The number of aryl methyl sites for hydroxylation is 3. The summed E-state index contributed by atoms with van der Waals surface area (Å²) in [6.07, 6.45) is 1.29. The van der Waals surface area contributed by atoms with E-state index in [9.17, 15) is 14.4 Å². The van der Waals surface area contributed by atoms with Crippen molar-refractivity contribution >= 4 is 23.6 Å². The number of alkyl carbamates (subject to hydrolysis) is 1. The molecule has 206 valence electrons. The van der Waals surface area contributed by atoms with Crippen LogP contribution < -0.4 is 10.6 Å². The minimum Gasteiger partial charge on any atom is -0.444 e. The second-order valence-corrected chi connectivity index (χ2v) is 11.2. The van der Waals surface area contributed by atoms with Gasteiger partial charge in [-0.25, -0.2) is 4.79 Å². The summed E-state index contributed by atoms with van der Waals surface area (Å²) in [4.78, 5) is 42.2. The molecule has 2 atom stereocenters. The number of para-hydroxylation sites is 1. The fraction of sp³-hybridized carbons (Fsp3) is 0.452. The van der Waals surface area contributed by atoms with Gasteiger partial charge in [-0.1, -0.05) is 67.4 Å². The van der Waals surface area contributed by atoms with Gasteiger partial charge >= 0.3 is 6.09 Å². The van der Waals surface area contributed by atoms with Crippen LogP contribution in [0.15, 0.2) is 55.1 Å². The van der Waals surface area contributed by atoms with Gasteiger partial charge in [0.1, 0.15) is 17.7 Å². The molecule has 2 rings (SSSR count). The van der Waals surface area contributed by atoms with Gasteiger partial charge in [0.2, 0.25) is 5.91 Å². The standard InChI is InChI=1S/C31H43N3O4/c1-10-15-34(29(36)26(16-20(2)3)33-30(37)38-31(7,8)9)27(24-18-21(4)17-22(5)19-24)28(35)32-25-14-12-11-13-23(25)6/h10-14,17-20,26-27H,1,15-16H2,2-9H3,(H,32,35)(H,33,37). The van der Waals surface area contributed by atoms with Crippen molar-refractivity contribution in [3.05, 3.63) is 77.4 Å². The van der Waals surface area contributed by atoms with Gasteiger partial charge in [-0.15, -0.1) is 6.58 Å². The van der Waals surface area contributed by atoms with E-state index in [4.69, 9.17) is 4.74 Å². The van der Waals surface area contributed by atoms with Crippen LogP contribution in [-0.4, -0.2) is 41.0 Å². The Morgan fingerprint density at radius 3 is 2.16 bits per heavy atom. The molecule has 0 aliphatic rings. The quantitative estimate of drug-likeness (QED) is 0.362. The molecule has 2 N–H and O–H groups in total. The number of ether oxygens (including phenoxy) is 1. The van der Waals surface area contributed by atoms with Gasteiger partial charge in [-0.2, -0.15) is 0 Å². The topological polar surface area (TPSA) is 87.7 Å².